The van der Waals surface area contributed by atoms with Crippen LogP contribution in [0.3, 0.4) is 0 Å². The molecule has 0 aromatic heterocycles. The lowest BCUT2D eigenvalue weighted by Crippen LogP contribution is -2.42. The van der Waals surface area contributed by atoms with Crippen LogP contribution in [0.15, 0.2) is 0 Å². The van der Waals surface area contributed by atoms with Crippen LogP contribution < -0.4 is 10.6 Å². The van der Waals surface area contributed by atoms with Gasteiger partial charge in [0.15, 0.2) is 0 Å². The minimum Gasteiger partial charge on any atom is -0.480 e. The van der Waals surface area contributed by atoms with E-state index < -0.39 is 12.0 Å². The van der Waals surface area contributed by atoms with Gasteiger partial charge in [-0.05, 0) is 14.0 Å². The second-order valence-corrected chi connectivity index (χ2v) is 2.16. The zero-order valence-electron chi connectivity index (χ0n) is 6.55. The van der Waals surface area contributed by atoms with Gasteiger partial charge in [-0.3, -0.25) is 9.59 Å². The first-order chi connectivity index (χ1) is 5.07. The second kappa shape index (κ2) is 4.68. The van der Waals surface area contributed by atoms with E-state index in [9.17, 15) is 9.59 Å². The maximum atomic E-state index is 10.7. The third kappa shape index (κ3) is 4.32. The highest BCUT2D eigenvalue weighted by Gasteiger charge is 2.12. The van der Waals surface area contributed by atoms with Gasteiger partial charge in [0.25, 0.3) is 0 Å². The van der Waals surface area contributed by atoms with E-state index in [4.69, 9.17) is 5.11 Å². The van der Waals surface area contributed by atoms with Crippen molar-refractivity contribution in [2.75, 3.05) is 13.6 Å². The molecule has 1 atom stereocenters. The summed E-state index contributed by atoms with van der Waals surface area (Å²) in [5.41, 5.74) is 0. The van der Waals surface area contributed by atoms with Crippen molar-refractivity contribution in [3.8, 4) is 0 Å². The predicted molar refractivity (Wildman–Crippen MR) is 39.2 cm³/mol. The van der Waals surface area contributed by atoms with E-state index in [0.717, 1.165) is 0 Å². The van der Waals surface area contributed by atoms with Gasteiger partial charge in [-0.2, -0.15) is 0 Å². The molecule has 3 N–H and O–H groups in total. The molecule has 0 heterocycles. The molecule has 1 unspecified atom stereocenters. The molecule has 0 aliphatic carbocycles. The van der Waals surface area contributed by atoms with Gasteiger partial charge in [-0.1, -0.05) is 0 Å². The number of carboxylic acid groups (broad SMARTS) is 1. The minimum atomic E-state index is -1.03. The van der Waals surface area contributed by atoms with Crippen LogP contribution in [0, 0.1) is 0 Å². The van der Waals surface area contributed by atoms with Gasteiger partial charge < -0.3 is 15.7 Å². The number of hydrogen-bond acceptors (Lipinski definition) is 3. The third-order valence-corrected chi connectivity index (χ3v) is 1.09. The largest absolute Gasteiger partial charge is 0.480 e. The highest BCUT2D eigenvalue weighted by Crippen LogP contribution is 1.79. The van der Waals surface area contributed by atoms with Gasteiger partial charge >= 0.3 is 5.97 Å². The molecular formula is C6H12N2O3. The van der Waals surface area contributed by atoms with Crippen molar-refractivity contribution in [3.05, 3.63) is 0 Å². The first-order valence-corrected chi connectivity index (χ1v) is 3.24. The predicted octanol–water partition coefficient (Wildman–Crippen LogP) is -1.20. The van der Waals surface area contributed by atoms with Crippen molar-refractivity contribution in [2.24, 2.45) is 0 Å². The molecule has 0 fully saturated rings. The lowest BCUT2D eigenvalue weighted by Gasteiger charge is -2.07. The Balaban J connectivity index is 3.66. The number of nitrogens with one attached hydrogen (secondary N) is 2. The summed E-state index contributed by atoms with van der Waals surface area (Å²) in [6.45, 7) is 1.55. The van der Waals surface area contributed by atoms with Gasteiger partial charge in [-0.15, -0.1) is 0 Å². The SMILES string of the molecule is CNCC(=O)NC(C)C(=O)O. The molecule has 1 amide bonds. The van der Waals surface area contributed by atoms with Crippen LogP contribution in [0.1, 0.15) is 6.92 Å². The quantitative estimate of drug-likeness (QED) is 0.482. The molecule has 0 rings (SSSR count). The Bertz CT molecular complexity index is 158. The van der Waals surface area contributed by atoms with E-state index in [1.54, 1.807) is 7.05 Å². The van der Waals surface area contributed by atoms with Crippen molar-refractivity contribution in [1.82, 2.24) is 10.6 Å². The third-order valence-electron chi connectivity index (χ3n) is 1.09. The Morgan fingerprint density at radius 3 is 2.45 bits per heavy atom. The number of rotatable bonds is 4. The molecule has 5 nitrogen and oxygen atoms in total. The van der Waals surface area contributed by atoms with Crippen LogP contribution in [-0.4, -0.2) is 36.6 Å². The van der Waals surface area contributed by atoms with Gasteiger partial charge in [0.2, 0.25) is 5.91 Å². The van der Waals surface area contributed by atoms with E-state index in [2.05, 4.69) is 10.6 Å². The number of carbonyl (C=O) groups excluding carboxylic acids is 1. The number of carbonyl (C=O) groups is 2. The van der Waals surface area contributed by atoms with Crippen molar-refractivity contribution < 1.29 is 14.7 Å². The topological polar surface area (TPSA) is 78.4 Å². The van der Waals surface area contributed by atoms with Gasteiger partial charge in [0, 0.05) is 0 Å². The summed E-state index contributed by atoms with van der Waals surface area (Å²) < 4.78 is 0. The standard InChI is InChI=1S/C6H12N2O3/c1-4(6(10)11)8-5(9)3-7-2/h4,7H,3H2,1-2H3,(H,8,9)(H,10,11). The number of aliphatic carboxylic acids is 1. The first kappa shape index (κ1) is 9.90. The molecule has 0 bridgehead atoms. The summed E-state index contributed by atoms with van der Waals surface area (Å²) in [4.78, 5) is 20.9. The Morgan fingerprint density at radius 1 is 1.55 bits per heavy atom. The van der Waals surface area contributed by atoms with Crippen molar-refractivity contribution in [1.29, 1.82) is 0 Å². The summed E-state index contributed by atoms with van der Waals surface area (Å²) in [7, 11) is 1.62. The molecule has 0 spiro atoms. The lowest BCUT2D eigenvalue weighted by molar-refractivity contribution is -0.141. The van der Waals surface area contributed by atoms with Crippen molar-refractivity contribution >= 4 is 11.9 Å². The highest BCUT2D eigenvalue weighted by molar-refractivity contribution is 5.84. The summed E-state index contributed by atoms with van der Waals surface area (Å²) in [6.07, 6.45) is 0. The smallest absolute Gasteiger partial charge is 0.325 e. The van der Waals surface area contributed by atoms with E-state index in [-0.39, 0.29) is 12.5 Å². The lowest BCUT2D eigenvalue weighted by atomic mass is 10.3. The zero-order chi connectivity index (χ0) is 8.85. The monoisotopic (exact) mass is 160 g/mol. The average molecular weight is 160 g/mol. The van der Waals surface area contributed by atoms with Crippen LogP contribution in [0.25, 0.3) is 0 Å². The number of carboxylic acids is 1. The first-order valence-electron chi connectivity index (χ1n) is 3.24. The van der Waals surface area contributed by atoms with Crippen LogP contribution in [0.5, 0.6) is 0 Å². The van der Waals surface area contributed by atoms with Crippen LogP contribution in [-0.2, 0) is 9.59 Å². The number of likely N-dealkylation sites (N-methyl/N-ethyl adjacent to an activating group) is 1. The van der Waals surface area contributed by atoms with Gasteiger partial charge in [0.1, 0.15) is 6.04 Å². The fourth-order valence-electron chi connectivity index (χ4n) is 0.515. The molecule has 0 saturated heterocycles. The Hall–Kier alpha value is -1.10. The highest BCUT2D eigenvalue weighted by atomic mass is 16.4. The molecule has 5 heteroatoms. The summed E-state index contributed by atoms with van der Waals surface area (Å²) in [6, 6.07) is -0.823. The Kier molecular flexibility index (Phi) is 4.21. The van der Waals surface area contributed by atoms with Gasteiger partial charge in [-0.25, -0.2) is 0 Å². The van der Waals surface area contributed by atoms with E-state index in [1.165, 1.54) is 6.92 Å². The maximum absolute atomic E-state index is 10.7. The van der Waals surface area contributed by atoms with E-state index >= 15 is 0 Å². The fraction of sp³-hybridized carbons (Fsp3) is 0.667. The molecular weight excluding hydrogens is 148 g/mol. The maximum Gasteiger partial charge on any atom is 0.325 e. The van der Waals surface area contributed by atoms with Crippen LogP contribution in [0.4, 0.5) is 0 Å². The molecule has 0 radical (unpaired) electrons. The van der Waals surface area contributed by atoms with E-state index in [0.29, 0.717) is 0 Å². The summed E-state index contributed by atoms with van der Waals surface area (Å²) in [5.74, 6) is -1.35. The Labute approximate surface area is 64.8 Å². The molecule has 0 aliphatic rings. The fourth-order valence-corrected chi connectivity index (χ4v) is 0.515. The second-order valence-electron chi connectivity index (χ2n) is 2.16. The zero-order valence-corrected chi connectivity index (χ0v) is 6.55. The van der Waals surface area contributed by atoms with Crippen LogP contribution >= 0.6 is 0 Å². The molecule has 64 valence electrons. The molecule has 0 aromatic rings. The normalized spacial score (nSPS) is 12.2. The minimum absolute atomic E-state index is 0.137. The molecule has 0 aliphatic heterocycles. The molecule has 0 aromatic carbocycles. The number of hydrogen-bond donors (Lipinski definition) is 3. The van der Waals surface area contributed by atoms with Gasteiger partial charge in [0.05, 0.1) is 6.54 Å². The van der Waals surface area contributed by atoms with E-state index in [1.807, 2.05) is 0 Å². The average Bonchev–Trinajstić information content (AvgIpc) is 1.87. The van der Waals surface area contributed by atoms with Crippen molar-refractivity contribution in [2.45, 2.75) is 13.0 Å². The Morgan fingerprint density at radius 2 is 2.09 bits per heavy atom. The molecule has 0 saturated carbocycles. The van der Waals surface area contributed by atoms with Crippen molar-refractivity contribution in [3.63, 3.8) is 0 Å². The summed E-state index contributed by atoms with van der Waals surface area (Å²) in [5, 5.41) is 13.3. The molecule has 11 heavy (non-hydrogen) atoms. The number of amides is 1. The summed E-state index contributed by atoms with van der Waals surface area (Å²) >= 11 is 0. The van der Waals surface area contributed by atoms with Crippen LogP contribution in [0.2, 0.25) is 0 Å².